The Hall–Kier alpha value is -2.62. The molecule has 1 fully saturated rings. The van der Waals surface area contributed by atoms with Crippen molar-refractivity contribution in [1.82, 2.24) is 4.90 Å². The summed E-state index contributed by atoms with van der Waals surface area (Å²) in [5.74, 6) is -1.99. The normalized spacial score (nSPS) is 17.3. The van der Waals surface area contributed by atoms with E-state index in [-0.39, 0.29) is 25.3 Å². The van der Waals surface area contributed by atoms with E-state index in [4.69, 9.17) is 33.0 Å². The second-order valence-electron chi connectivity index (χ2n) is 7.47. The third-order valence-electron chi connectivity index (χ3n) is 5.42. The number of carbonyl (C=O) groups excluding carboxylic acids is 1. The van der Waals surface area contributed by atoms with E-state index in [0.717, 1.165) is 12.1 Å². The molecule has 4 rings (SSSR count). The van der Waals surface area contributed by atoms with Crippen LogP contribution in [0.2, 0.25) is 10.0 Å². The van der Waals surface area contributed by atoms with Crippen LogP contribution in [0, 0.1) is 5.82 Å². The SMILES string of the molecule is O=C(C=C(c1cc(Cl)c(F)c(Cl)c1)C(F)(F)F)c1ccc2c(c1)COC21CN(C(=O)O)C1. The van der Waals surface area contributed by atoms with E-state index < -0.39 is 50.7 Å². The van der Waals surface area contributed by atoms with Crippen LogP contribution in [0.5, 0.6) is 0 Å². The molecule has 0 bridgehead atoms. The van der Waals surface area contributed by atoms with Gasteiger partial charge in [0, 0.05) is 5.56 Å². The molecule has 0 aromatic heterocycles. The summed E-state index contributed by atoms with van der Waals surface area (Å²) in [7, 11) is 0. The van der Waals surface area contributed by atoms with Gasteiger partial charge in [-0.05, 0) is 41.0 Å². The number of allylic oxidation sites excluding steroid dienone is 2. The Bertz CT molecular complexity index is 1150. The summed E-state index contributed by atoms with van der Waals surface area (Å²) in [6.07, 6.45) is -5.61. The van der Waals surface area contributed by atoms with E-state index in [1.807, 2.05) is 0 Å². The van der Waals surface area contributed by atoms with E-state index in [9.17, 15) is 27.2 Å². The van der Waals surface area contributed by atoms with Crippen molar-refractivity contribution >= 4 is 40.7 Å². The van der Waals surface area contributed by atoms with Gasteiger partial charge < -0.3 is 14.7 Å². The molecule has 0 saturated carbocycles. The number of ether oxygens (including phenoxy) is 1. The van der Waals surface area contributed by atoms with Crippen LogP contribution in [0.3, 0.4) is 0 Å². The zero-order chi connectivity index (χ0) is 23.4. The molecule has 1 N–H and O–H groups in total. The molecule has 11 heteroatoms. The number of carboxylic acid groups (broad SMARTS) is 1. The monoisotopic (exact) mass is 489 g/mol. The lowest BCUT2D eigenvalue weighted by Gasteiger charge is -2.45. The van der Waals surface area contributed by atoms with Gasteiger partial charge in [-0.25, -0.2) is 9.18 Å². The number of rotatable bonds is 3. The summed E-state index contributed by atoms with van der Waals surface area (Å²) in [5.41, 5.74) is -1.40. The third-order valence-corrected chi connectivity index (χ3v) is 5.97. The van der Waals surface area contributed by atoms with Gasteiger partial charge in [0.1, 0.15) is 5.60 Å². The topological polar surface area (TPSA) is 66.8 Å². The second-order valence-corrected chi connectivity index (χ2v) is 8.28. The highest BCUT2D eigenvalue weighted by Crippen LogP contribution is 2.44. The van der Waals surface area contributed by atoms with Crippen molar-refractivity contribution in [2.75, 3.05) is 13.1 Å². The van der Waals surface area contributed by atoms with Crippen molar-refractivity contribution < 1.29 is 37.0 Å². The van der Waals surface area contributed by atoms with Gasteiger partial charge in [0.15, 0.2) is 11.6 Å². The molecule has 1 saturated heterocycles. The summed E-state index contributed by atoms with van der Waals surface area (Å²) in [4.78, 5) is 24.9. The van der Waals surface area contributed by atoms with E-state index in [1.54, 1.807) is 6.07 Å². The van der Waals surface area contributed by atoms with Crippen LogP contribution in [0.4, 0.5) is 22.4 Å². The number of carbonyl (C=O) groups is 2. The average molecular weight is 490 g/mol. The van der Waals surface area contributed by atoms with Gasteiger partial charge in [-0.3, -0.25) is 4.79 Å². The zero-order valence-electron chi connectivity index (χ0n) is 16.0. The summed E-state index contributed by atoms with van der Waals surface area (Å²) in [6.45, 7) is 0.364. The van der Waals surface area contributed by atoms with Crippen molar-refractivity contribution in [1.29, 1.82) is 0 Å². The van der Waals surface area contributed by atoms with Crippen molar-refractivity contribution in [2.24, 2.45) is 0 Å². The van der Waals surface area contributed by atoms with Gasteiger partial charge >= 0.3 is 12.3 Å². The summed E-state index contributed by atoms with van der Waals surface area (Å²) < 4.78 is 60.3. The smallest absolute Gasteiger partial charge is 0.417 e. The van der Waals surface area contributed by atoms with E-state index in [1.165, 1.54) is 17.0 Å². The van der Waals surface area contributed by atoms with Crippen LogP contribution in [0.25, 0.3) is 5.57 Å². The number of amides is 1. The Morgan fingerprint density at radius 2 is 1.72 bits per heavy atom. The fourth-order valence-corrected chi connectivity index (χ4v) is 4.31. The number of hydrogen-bond acceptors (Lipinski definition) is 3. The first-order valence-electron chi connectivity index (χ1n) is 9.15. The van der Waals surface area contributed by atoms with E-state index in [2.05, 4.69) is 0 Å². The highest BCUT2D eigenvalue weighted by Gasteiger charge is 2.51. The van der Waals surface area contributed by atoms with Crippen molar-refractivity contribution in [3.05, 3.63) is 74.5 Å². The lowest BCUT2D eigenvalue weighted by Crippen LogP contribution is -2.60. The molecule has 2 aliphatic heterocycles. The molecule has 2 aromatic carbocycles. The molecule has 2 heterocycles. The van der Waals surface area contributed by atoms with Gasteiger partial charge in [-0.1, -0.05) is 35.3 Å². The molecule has 32 heavy (non-hydrogen) atoms. The Morgan fingerprint density at radius 1 is 1.09 bits per heavy atom. The molecular weight excluding hydrogens is 477 g/mol. The molecule has 2 aromatic rings. The first-order valence-corrected chi connectivity index (χ1v) is 9.90. The summed E-state index contributed by atoms with van der Waals surface area (Å²) >= 11 is 11.2. The molecule has 0 atom stereocenters. The average Bonchev–Trinajstić information content (AvgIpc) is 3.06. The lowest BCUT2D eigenvalue weighted by molar-refractivity contribution is -0.129. The predicted octanol–water partition coefficient (Wildman–Crippen LogP) is 5.68. The van der Waals surface area contributed by atoms with Gasteiger partial charge in [-0.2, -0.15) is 13.2 Å². The molecule has 0 unspecified atom stereocenters. The van der Waals surface area contributed by atoms with Crippen LogP contribution < -0.4 is 0 Å². The maximum atomic E-state index is 13.6. The number of alkyl halides is 3. The number of fused-ring (bicyclic) bond motifs is 2. The minimum absolute atomic E-state index is 0.0140. The Kier molecular flexibility index (Phi) is 5.47. The largest absolute Gasteiger partial charge is 0.465 e. The number of ketones is 1. The second kappa shape index (κ2) is 7.75. The summed E-state index contributed by atoms with van der Waals surface area (Å²) in [5, 5.41) is 7.81. The highest BCUT2D eigenvalue weighted by molar-refractivity contribution is 6.35. The van der Waals surface area contributed by atoms with Crippen LogP contribution in [0.15, 0.2) is 36.4 Å². The molecule has 2 aliphatic rings. The zero-order valence-corrected chi connectivity index (χ0v) is 17.5. The molecule has 5 nitrogen and oxygen atoms in total. The number of benzene rings is 2. The first-order chi connectivity index (χ1) is 14.9. The number of halogens is 6. The minimum atomic E-state index is -4.93. The lowest BCUT2D eigenvalue weighted by atomic mass is 9.84. The quantitative estimate of drug-likeness (QED) is 0.260. The number of hydrogen-bond donors (Lipinski definition) is 1. The van der Waals surface area contributed by atoms with Crippen molar-refractivity contribution in [2.45, 2.75) is 18.4 Å². The van der Waals surface area contributed by atoms with Crippen LogP contribution in [-0.2, 0) is 16.9 Å². The molecule has 0 radical (unpaired) electrons. The Balaban J connectivity index is 1.66. The Labute approximate surface area is 188 Å². The van der Waals surface area contributed by atoms with Gasteiger partial charge in [0.2, 0.25) is 0 Å². The first kappa shape index (κ1) is 22.6. The molecular formula is C21H13Cl2F4NO4. The van der Waals surface area contributed by atoms with Crippen molar-refractivity contribution in [3.63, 3.8) is 0 Å². The predicted molar refractivity (Wildman–Crippen MR) is 107 cm³/mol. The van der Waals surface area contributed by atoms with Crippen molar-refractivity contribution in [3.8, 4) is 0 Å². The van der Waals surface area contributed by atoms with Crippen LogP contribution in [-0.4, -0.2) is 41.1 Å². The molecule has 0 aliphatic carbocycles. The number of nitrogens with zero attached hydrogens (tertiary/aromatic N) is 1. The van der Waals surface area contributed by atoms with Crippen LogP contribution in [0.1, 0.15) is 27.0 Å². The van der Waals surface area contributed by atoms with E-state index >= 15 is 0 Å². The maximum absolute atomic E-state index is 13.6. The van der Waals surface area contributed by atoms with Crippen LogP contribution >= 0.6 is 23.2 Å². The molecule has 168 valence electrons. The van der Waals surface area contributed by atoms with Gasteiger partial charge in [0.25, 0.3) is 0 Å². The van der Waals surface area contributed by atoms with Gasteiger partial charge in [-0.15, -0.1) is 0 Å². The van der Waals surface area contributed by atoms with Gasteiger partial charge in [0.05, 0.1) is 35.3 Å². The fourth-order valence-electron chi connectivity index (χ4n) is 3.83. The molecule has 1 amide bonds. The molecule has 1 spiro atoms. The number of likely N-dealkylation sites (tertiary alicyclic amines) is 1. The fraction of sp³-hybridized carbons (Fsp3) is 0.238. The maximum Gasteiger partial charge on any atom is 0.417 e. The Morgan fingerprint density at radius 3 is 2.28 bits per heavy atom. The van der Waals surface area contributed by atoms with E-state index in [0.29, 0.717) is 17.2 Å². The highest BCUT2D eigenvalue weighted by atomic mass is 35.5. The minimum Gasteiger partial charge on any atom is -0.465 e. The third kappa shape index (κ3) is 3.85. The summed E-state index contributed by atoms with van der Waals surface area (Å²) in [6, 6.07) is 5.84. The standard InChI is InChI=1S/C21H13Cl2F4NO4/c22-15-4-11(5-16(23)18(15)24)14(21(25,26)27)6-17(29)10-1-2-13-12(3-10)7-32-20(13)8-28(9-20)19(30)31/h1-6H,7-9H2,(H,30,31).